The normalized spacial score (nSPS) is 16.9. The van der Waals surface area contributed by atoms with Crippen LogP contribution in [0.3, 0.4) is 0 Å². The number of hydrogen-bond acceptors (Lipinski definition) is 3. The van der Waals surface area contributed by atoms with E-state index < -0.39 is 0 Å². The Morgan fingerprint density at radius 2 is 1.71 bits per heavy atom. The minimum absolute atomic E-state index is 0.00745. The molecule has 0 radical (unpaired) electrons. The fraction of sp³-hybridized carbons (Fsp3) is 0.875. The van der Waals surface area contributed by atoms with Crippen LogP contribution < -0.4 is 11.1 Å². The maximum Gasteiger partial charge on any atom is 0.230 e. The molecular formula is C16H31N3O2. The third kappa shape index (κ3) is 4.70. The summed E-state index contributed by atoms with van der Waals surface area (Å²) in [5.74, 6) is 0.225. The molecule has 2 amide bonds. The highest BCUT2D eigenvalue weighted by Crippen LogP contribution is 2.32. The summed E-state index contributed by atoms with van der Waals surface area (Å²) in [7, 11) is 0. The van der Waals surface area contributed by atoms with Crippen LogP contribution in [0, 0.1) is 5.41 Å². The van der Waals surface area contributed by atoms with Crippen molar-refractivity contribution in [1.82, 2.24) is 10.2 Å². The fourth-order valence-corrected chi connectivity index (χ4v) is 3.44. The predicted octanol–water partition coefficient (Wildman–Crippen LogP) is 1.66. The molecule has 1 aliphatic heterocycles. The summed E-state index contributed by atoms with van der Waals surface area (Å²) in [6, 6.07) is 0.205. The van der Waals surface area contributed by atoms with Crippen LogP contribution in [-0.2, 0) is 9.59 Å². The van der Waals surface area contributed by atoms with Gasteiger partial charge in [0.1, 0.15) is 0 Å². The van der Waals surface area contributed by atoms with Crippen LogP contribution in [0.1, 0.15) is 59.3 Å². The molecule has 0 aromatic rings. The number of nitrogens with one attached hydrogen (secondary N) is 1. The topological polar surface area (TPSA) is 75.4 Å². The summed E-state index contributed by atoms with van der Waals surface area (Å²) >= 11 is 0. The number of nitrogens with zero attached hydrogens (tertiary/aromatic N) is 1. The van der Waals surface area contributed by atoms with Gasteiger partial charge >= 0.3 is 0 Å². The summed E-state index contributed by atoms with van der Waals surface area (Å²) in [6.45, 7) is 7.63. The lowest BCUT2D eigenvalue weighted by Crippen LogP contribution is -2.53. The molecule has 1 fully saturated rings. The van der Waals surface area contributed by atoms with E-state index in [2.05, 4.69) is 19.2 Å². The van der Waals surface area contributed by atoms with E-state index in [0.717, 1.165) is 51.6 Å². The van der Waals surface area contributed by atoms with Gasteiger partial charge in [-0.2, -0.15) is 0 Å². The van der Waals surface area contributed by atoms with Crippen molar-refractivity contribution in [3.05, 3.63) is 0 Å². The van der Waals surface area contributed by atoms with Crippen molar-refractivity contribution in [1.29, 1.82) is 0 Å². The molecule has 0 atom stereocenters. The van der Waals surface area contributed by atoms with Gasteiger partial charge in [-0.25, -0.2) is 0 Å². The van der Waals surface area contributed by atoms with E-state index in [9.17, 15) is 9.59 Å². The third-order valence-corrected chi connectivity index (χ3v) is 4.49. The molecule has 0 aromatic carbocycles. The van der Waals surface area contributed by atoms with Crippen molar-refractivity contribution in [2.24, 2.45) is 11.1 Å². The SMILES string of the molecule is CCCC(CN)(CCC)C(=O)N1CCC(NC(C)=O)CC1. The lowest BCUT2D eigenvalue weighted by molar-refractivity contribution is -0.144. The number of hydrogen-bond donors (Lipinski definition) is 2. The molecule has 0 unspecified atom stereocenters. The largest absolute Gasteiger partial charge is 0.353 e. The molecule has 5 nitrogen and oxygen atoms in total. The molecule has 1 saturated heterocycles. The third-order valence-electron chi connectivity index (χ3n) is 4.49. The van der Waals surface area contributed by atoms with Gasteiger partial charge in [-0.05, 0) is 25.7 Å². The Labute approximate surface area is 128 Å². The standard InChI is InChI=1S/C16H31N3O2/c1-4-8-16(12-17,9-5-2)15(21)19-10-6-14(7-11-19)18-13(3)20/h14H,4-12,17H2,1-3H3,(H,18,20). The van der Waals surface area contributed by atoms with Gasteiger partial charge in [0, 0.05) is 32.6 Å². The first-order valence-corrected chi connectivity index (χ1v) is 8.25. The highest BCUT2D eigenvalue weighted by Gasteiger charge is 2.39. The van der Waals surface area contributed by atoms with E-state index in [0.29, 0.717) is 6.54 Å². The number of carbonyl (C=O) groups excluding carboxylic acids is 2. The zero-order chi connectivity index (χ0) is 15.9. The van der Waals surface area contributed by atoms with Crippen molar-refractivity contribution in [3.63, 3.8) is 0 Å². The Balaban J connectivity index is 2.67. The summed E-state index contributed by atoms with van der Waals surface area (Å²) in [5, 5.41) is 2.94. The number of likely N-dealkylation sites (tertiary alicyclic amines) is 1. The van der Waals surface area contributed by atoms with Gasteiger partial charge in [0.15, 0.2) is 0 Å². The van der Waals surface area contributed by atoms with Gasteiger partial charge < -0.3 is 16.0 Å². The molecule has 21 heavy (non-hydrogen) atoms. The first-order valence-electron chi connectivity index (χ1n) is 8.25. The Morgan fingerprint density at radius 1 is 1.19 bits per heavy atom. The molecule has 1 aliphatic rings. The van der Waals surface area contributed by atoms with E-state index in [4.69, 9.17) is 5.73 Å². The Morgan fingerprint density at radius 3 is 2.10 bits per heavy atom. The summed E-state index contributed by atoms with van der Waals surface area (Å²) in [5.41, 5.74) is 5.59. The van der Waals surface area contributed by atoms with Crippen molar-refractivity contribution in [2.45, 2.75) is 65.3 Å². The zero-order valence-corrected chi connectivity index (χ0v) is 13.8. The van der Waals surface area contributed by atoms with Crippen molar-refractivity contribution in [2.75, 3.05) is 19.6 Å². The molecule has 0 aromatic heterocycles. The van der Waals surface area contributed by atoms with Crippen molar-refractivity contribution in [3.8, 4) is 0 Å². The van der Waals surface area contributed by atoms with Crippen molar-refractivity contribution >= 4 is 11.8 Å². The first kappa shape index (κ1) is 18.0. The van der Waals surface area contributed by atoms with E-state index in [1.165, 1.54) is 0 Å². The lowest BCUT2D eigenvalue weighted by atomic mass is 9.77. The van der Waals surface area contributed by atoms with E-state index in [1.54, 1.807) is 6.92 Å². The molecule has 5 heteroatoms. The lowest BCUT2D eigenvalue weighted by Gasteiger charge is -2.40. The number of nitrogens with two attached hydrogens (primary N) is 1. The van der Waals surface area contributed by atoms with Gasteiger partial charge in [0.05, 0.1) is 5.41 Å². The second kappa shape index (κ2) is 8.37. The summed E-state index contributed by atoms with van der Waals surface area (Å²) in [6.07, 6.45) is 5.36. The molecule has 0 aliphatic carbocycles. The number of piperidine rings is 1. The Bertz CT molecular complexity index is 343. The Hall–Kier alpha value is -1.10. The zero-order valence-electron chi connectivity index (χ0n) is 13.8. The van der Waals surface area contributed by atoms with Crippen LogP contribution in [-0.4, -0.2) is 42.4 Å². The summed E-state index contributed by atoms with van der Waals surface area (Å²) < 4.78 is 0. The minimum atomic E-state index is -0.385. The molecular weight excluding hydrogens is 266 g/mol. The monoisotopic (exact) mass is 297 g/mol. The predicted molar refractivity (Wildman–Crippen MR) is 84.7 cm³/mol. The van der Waals surface area contributed by atoms with Crippen LogP contribution in [0.25, 0.3) is 0 Å². The first-order chi connectivity index (χ1) is 9.99. The van der Waals surface area contributed by atoms with Crippen LogP contribution >= 0.6 is 0 Å². The average molecular weight is 297 g/mol. The number of amides is 2. The quantitative estimate of drug-likeness (QED) is 0.750. The molecule has 1 rings (SSSR count). The summed E-state index contributed by atoms with van der Waals surface area (Å²) in [4.78, 5) is 26.0. The van der Waals surface area contributed by atoms with Crippen LogP contribution in [0.5, 0.6) is 0 Å². The van der Waals surface area contributed by atoms with Crippen LogP contribution in [0.4, 0.5) is 0 Å². The maximum absolute atomic E-state index is 12.9. The highest BCUT2D eigenvalue weighted by atomic mass is 16.2. The van der Waals surface area contributed by atoms with E-state index >= 15 is 0 Å². The van der Waals surface area contributed by atoms with Gasteiger partial charge in [-0.1, -0.05) is 26.7 Å². The van der Waals surface area contributed by atoms with Gasteiger partial charge in [-0.3, -0.25) is 9.59 Å². The van der Waals surface area contributed by atoms with Crippen LogP contribution in [0.2, 0.25) is 0 Å². The fourth-order valence-electron chi connectivity index (χ4n) is 3.44. The van der Waals surface area contributed by atoms with Crippen molar-refractivity contribution < 1.29 is 9.59 Å². The molecule has 3 N–H and O–H groups in total. The van der Waals surface area contributed by atoms with Crippen LogP contribution in [0.15, 0.2) is 0 Å². The smallest absolute Gasteiger partial charge is 0.230 e. The average Bonchev–Trinajstić information content (AvgIpc) is 2.46. The second-order valence-electron chi connectivity index (χ2n) is 6.25. The van der Waals surface area contributed by atoms with E-state index in [-0.39, 0.29) is 23.3 Å². The molecule has 0 saturated carbocycles. The minimum Gasteiger partial charge on any atom is -0.353 e. The second-order valence-corrected chi connectivity index (χ2v) is 6.25. The Kier molecular flexibility index (Phi) is 7.15. The van der Waals surface area contributed by atoms with E-state index in [1.807, 2.05) is 4.90 Å². The number of rotatable bonds is 7. The molecule has 122 valence electrons. The molecule has 0 spiro atoms. The molecule has 1 heterocycles. The highest BCUT2D eigenvalue weighted by molar-refractivity contribution is 5.83. The van der Waals surface area contributed by atoms with Gasteiger partial charge in [0.2, 0.25) is 11.8 Å². The number of carbonyl (C=O) groups is 2. The van der Waals surface area contributed by atoms with Gasteiger partial charge in [0.25, 0.3) is 0 Å². The maximum atomic E-state index is 12.9. The molecule has 0 bridgehead atoms. The van der Waals surface area contributed by atoms with Gasteiger partial charge in [-0.15, -0.1) is 0 Å².